The molecule has 0 radical (unpaired) electrons. The van der Waals surface area contributed by atoms with Gasteiger partial charge in [0.25, 0.3) is 0 Å². The number of guanidine groups is 1. The molecule has 0 rings (SSSR count). The lowest BCUT2D eigenvalue weighted by molar-refractivity contribution is -0.147. The van der Waals surface area contributed by atoms with Crippen molar-refractivity contribution in [1.82, 2.24) is 21.3 Å². The van der Waals surface area contributed by atoms with Gasteiger partial charge in [-0.3, -0.25) is 29.4 Å². The second-order valence-electron chi connectivity index (χ2n) is 8.38. The van der Waals surface area contributed by atoms with Gasteiger partial charge in [-0.25, -0.2) is 4.79 Å². The fraction of sp³-hybridized carbons (Fsp3) is 0.650. The minimum absolute atomic E-state index is 0.0452. The molecule has 0 unspecified atom stereocenters. The second kappa shape index (κ2) is 15.9. The molecule has 16 heteroatoms. The van der Waals surface area contributed by atoms with Crippen molar-refractivity contribution in [3.8, 4) is 0 Å². The van der Waals surface area contributed by atoms with Gasteiger partial charge < -0.3 is 48.7 Å². The molecule has 0 aromatic carbocycles. The van der Waals surface area contributed by atoms with Gasteiger partial charge in [0.1, 0.15) is 18.1 Å². The first-order valence-electron chi connectivity index (χ1n) is 11.1. The summed E-state index contributed by atoms with van der Waals surface area (Å²) < 4.78 is 0. The summed E-state index contributed by atoms with van der Waals surface area (Å²) in [4.78, 5) is 71.2. The van der Waals surface area contributed by atoms with E-state index in [-0.39, 0.29) is 38.2 Å². The number of amides is 4. The molecule has 36 heavy (non-hydrogen) atoms. The fourth-order valence-electron chi connectivity index (χ4n) is 2.93. The summed E-state index contributed by atoms with van der Waals surface area (Å²) in [5, 5.41) is 34.7. The van der Waals surface area contributed by atoms with Crippen molar-refractivity contribution < 1.29 is 39.0 Å². The lowest BCUT2D eigenvalue weighted by Gasteiger charge is -2.27. The number of carbonyl (C=O) groups is 6. The average Bonchev–Trinajstić information content (AvgIpc) is 2.75. The minimum atomic E-state index is -1.72. The SMILES string of the molecule is CC(C)[C@H](NC(=O)[C@H](CCCNC(=N)N)NC(=O)[C@@H](N)CCC(N)=O)C(=O)N[C@@H](CC(=O)O)C(=O)O. The molecule has 0 spiro atoms. The molecule has 4 atom stereocenters. The van der Waals surface area contributed by atoms with Crippen LogP contribution >= 0.6 is 0 Å². The van der Waals surface area contributed by atoms with Crippen LogP contribution in [-0.2, 0) is 28.8 Å². The summed E-state index contributed by atoms with van der Waals surface area (Å²) >= 11 is 0. The zero-order chi connectivity index (χ0) is 28.0. The van der Waals surface area contributed by atoms with Gasteiger partial charge in [0, 0.05) is 13.0 Å². The lowest BCUT2D eigenvalue weighted by atomic mass is 10.0. The molecule has 0 aliphatic rings. The molecule has 16 nitrogen and oxygen atoms in total. The monoisotopic (exact) mass is 516 g/mol. The Morgan fingerprint density at radius 1 is 0.861 bits per heavy atom. The molecule has 0 heterocycles. The number of nitrogens with two attached hydrogens (primary N) is 3. The smallest absolute Gasteiger partial charge is 0.326 e. The first-order valence-corrected chi connectivity index (χ1v) is 11.1. The summed E-state index contributed by atoms with van der Waals surface area (Å²) in [5.74, 6) is -6.94. The maximum atomic E-state index is 13.0. The molecular formula is C20H36N8O8. The van der Waals surface area contributed by atoms with Gasteiger partial charge in [0.05, 0.1) is 12.5 Å². The highest BCUT2D eigenvalue weighted by Crippen LogP contribution is 2.07. The number of primary amides is 1. The van der Waals surface area contributed by atoms with Gasteiger partial charge in [-0.05, 0) is 25.2 Å². The summed E-state index contributed by atoms with van der Waals surface area (Å²) in [6, 6.07) is -5.30. The summed E-state index contributed by atoms with van der Waals surface area (Å²) in [6.45, 7) is 3.34. The number of hydrogen-bond donors (Lipinski definition) is 10. The van der Waals surface area contributed by atoms with E-state index in [2.05, 4.69) is 21.3 Å². The quantitative estimate of drug-likeness (QED) is 0.0514. The van der Waals surface area contributed by atoms with Crippen LogP contribution in [-0.4, -0.2) is 82.5 Å². The molecule has 13 N–H and O–H groups in total. The molecule has 0 fully saturated rings. The Hall–Kier alpha value is -3.95. The zero-order valence-electron chi connectivity index (χ0n) is 20.2. The minimum Gasteiger partial charge on any atom is -0.481 e. The molecule has 0 aromatic rings. The van der Waals surface area contributed by atoms with Crippen molar-refractivity contribution >= 4 is 41.5 Å². The molecule has 0 saturated carbocycles. The summed E-state index contributed by atoms with van der Waals surface area (Å²) in [7, 11) is 0. The topological polar surface area (TPSA) is 293 Å². The number of rotatable bonds is 17. The Morgan fingerprint density at radius 2 is 1.44 bits per heavy atom. The van der Waals surface area contributed by atoms with E-state index in [9.17, 15) is 28.8 Å². The maximum absolute atomic E-state index is 13.0. The van der Waals surface area contributed by atoms with E-state index < -0.39 is 72.1 Å². The third kappa shape index (κ3) is 13.1. The van der Waals surface area contributed by atoms with Crippen molar-refractivity contribution in [1.29, 1.82) is 5.41 Å². The van der Waals surface area contributed by atoms with Crippen LogP contribution in [0.5, 0.6) is 0 Å². The van der Waals surface area contributed by atoms with Gasteiger partial charge >= 0.3 is 11.9 Å². The van der Waals surface area contributed by atoms with E-state index in [4.69, 9.17) is 32.8 Å². The maximum Gasteiger partial charge on any atom is 0.326 e. The Bertz CT molecular complexity index is 835. The third-order valence-corrected chi connectivity index (χ3v) is 4.90. The van der Waals surface area contributed by atoms with Gasteiger partial charge in [-0.15, -0.1) is 0 Å². The van der Waals surface area contributed by atoms with Gasteiger partial charge in [-0.1, -0.05) is 13.8 Å². The van der Waals surface area contributed by atoms with E-state index in [0.717, 1.165) is 0 Å². The van der Waals surface area contributed by atoms with E-state index >= 15 is 0 Å². The third-order valence-electron chi connectivity index (χ3n) is 4.90. The van der Waals surface area contributed by atoms with E-state index in [0.29, 0.717) is 0 Å². The first kappa shape index (κ1) is 32.0. The number of aliphatic carboxylic acids is 2. The first-order chi connectivity index (χ1) is 16.6. The predicted molar refractivity (Wildman–Crippen MR) is 126 cm³/mol. The van der Waals surface area contributed by atoms with E-state index in [1.807, 2.05) is 0 Å². The van der Waals surface area contributed by atoms with Crippen LogP contribution < -0.4 is 38.5 Å². The standard InChI is InChI=1S/C20H36N8O8/c1-9(2)15(18(34)27-12(19(35)36)8-14(30)31)28-17(33)11(4-3-7-25-20(23)24)26-16(32)10(21)5-6-13(22)29/h9-12,15H,3-8,21H2,1-2H3,(H2,22,29)(H,26,32)(H,27,34)(H,28,33)(H,30,31)(H,35,36)(H4,23,24,25)/t10-,11-,12-,15-/m0/s1. The molecule has 0 bridgehead atoms. The molecule has 0 saturated heterocycles. The highest BCUT2D eigenvalue weighted by Gasteiger charge is 2.32. The van der Waals surface area contributed by atoms with Gasteiger partial charge in [-0.2, -0.15) is 0 Å². The molecule has 0 aromatic heterocycles. The van der Waals surface area contributed by atoms with Crippen LogP contribution in [0.3, 0.4) is 0 Å². The Labute approximate surface area is 207 Å². The van der Waals surface area contributed by atoms with Crippen molar-refractivity contribution in [2.24, 2.45) is 23.1 Å². The summed E-state index contributed by atoms with van der Waals surface area (Å²) in [6.07, 6.45) is -0.760. The Balaban J connectivity index is 5.51. The van der Waals surface area contributed by atoms with Crippen LogP contribution in [0.4, 0.5) is 0 Å². The van der Waals surface area contributed by atoms with Crippen LogP contribution in [0.15, 0.2) is 0 Å². The number of hydrogen-bond acceptors (Lipinski definition) is 8. The molecule has 0 aliphatic heterocycles. The summed E-state index contributed by atoms with van der Waals surface area (Å²) in [5.41, 5.74) is 16.0. The zero-order valence-corrected chi connectivity index (χ0v) is 20.2. The van der Waals surface area contributed by atoms with Crippen molar-refractivity contribution in [3.63, 3.8) is 0 Å². The Morgan fingerprint density at radius 3 is 1.92 bits per heavy atom. The van der Waals surface area contributed by atoms with Crippen LogP contribution in [0.25, 0.3) is 0 Å². The van der Waals surface area contributed by atoms with Crippen molar-refractivity contribution in [2.45, 2.75) is 70.1 Å². The largest absolute Gasteiger partial charge is 0.481 e. The Kier molecular flexibility index (Phi) is 14.1. The van der Waals surface area contributed by atoms with Gasteiger partial charge in [0.15, 0.2) is 5.96 Å². The average molecular weight is 517 g/mol. The molecule has 4 amide bonds. The second-order valence-corrected chi connectivity index (χ2v) is 8.38. The highest BCUT2D eigenvalue weighted by molar-refractivity contribution is 5.94. The van der Waals surface area contributed by atoms with Gasteiger partial charge in [0.2, 0.25) is 23.6 Å². The lowest BCUT2D eigenvalue weighted by Crippen LogP contribution is -2.58. The van der Waals surface area contributed by atoms with Crippen LogP contribution in [0, 0.1) is 11.3 Å². The number of carboxylic acids is 2. The van der Waals surface area contributed by atoms with E-state index in [1.54, 1.807) is 13.8 Å². The van der Waals surface area contributed by atoms with Crippen molar-refractivity contribution in [2.75, 3.05) is 6.54 Å². The number of carbonyl (C=O) groups excluding carboxylic acids is 4. The molecule has 0 aliphatic carbocycles. The number of nitrogens with one attached hydrogen (secondary N) is 5. The predicted octanol–water partition coefficient (Wildman–Crippen LogP) is -3.49. The number of carboxylic acid groups (broad SMARTS) is 2. The fourth-order valence-corrected chi connectivity index (χ4v) is 2.93. The molecular weight excluding hydrogens is 480 g/mol. The van der Waals surface area contributed by atoms with E-state index in [1.165, 1.54) is 0 Å². The normalized spacial score (nSPS) is 14.0. The highest BCUT2D eigenvalue weighted by atomic mass is 16.4. The van der Waals surface area contributed by atoms with Crippen molar-refractivity contribution in [3.05, 3.63) is 0 Å². The van der Waals surface area contributed by atoms with Crippen LogP contribution in [0.2, 0.25) is 0 Å². The molecule has 204 valence electrons. The van der Waals surface area contributed by atoms with Crippen LogP contribution in [0.1, 0.15) is 46.0 Å².